The van der Waals surface area contributed by atoms with E-state index >= 15 is 0 Å². The van der Waals surface area contributed by atoms with E-state index in [1.807, 2.05) is 25.1 Å². The third kappa shape index (κ3) is 1.95. The quantitative estimate of drug-likeness (QED) is 0.747. The molecule has 1 aromatic carbocycles. The Morgan fingerprint density at radius 3 is 2.87 bits per heavy atom. The van der Waals surface area contributed by atoms with Crippen LogP contribution in [0.25, 0.3) is 16.5 Å². The smallest absolute Gasteiger partial charge is 0.0711 e. The summed E-state index contributed by atoms with van der Waals surface area (Å²) in [5.41, 5.74) is 4.35. The average Bonchev–Trinajstić information content (AvgIpc) is 2.26. The topological polar surface area (TPSA) is 12.9 Å². The number of para-hydroxylation sites is 1. The number of aromatic nitrogens is 1. The molecule has 2 aromatic rings. The number of rotatable bonds is 2. The molecule has 0 bridgehead atoms. The normalized spacial score (nSPS) is 10.5. The Hall–Kier alpha value is -1.15. The summed E-state index contributed by atoms with van der Waals surface area (Å²) < 4.78 is 0. The van der Waals surface area contributed by atoms with E-state index in [0.717, 1.165) is 22.1 Å². The summed E-state index contributed by atoms with van der Waals surface area (Å²) in [5, 5.41) is 1.97. The van der Waals surface area contributed by atoms with Gasteiger partial charge in [0.15, 0.2) is 0 Å². The summed E-state index contributed by atoms with van der Waals surface area (Å²) >= 11 is 3.44. The highest BCUT2D eigenvalue weighted by Crippen LogP contribution is 2.24. The lowest BCUT2D eigenvalue weighted by molar-refractivity contribution is 1.25. The summed E-state index contributed by atoms with van der Waals surface area (Å²) in [4.78, 5) is 4.50. The highest BCUT2D eigenvalue weighted by atomic mass is 79.9. The molecule has 1 aromatic heterocycles. The molecule has 2 rings (SSSR count). The molecule has 1 heterocycles. The maximum absolute atomic E-state index is 4.50. The molecule has 0 radical (unpaired) electrons. The number of hydrogen-bond donors (Lipinski definition) is 0. The monoisotopic (exact) mass is 261 g/mol. The third-order valence-electron chi connectivity index (χ3n) is 2.39. The van der Waals surface area contributed by atoms with Crippen molar-refractivity contribution in [2.24, 2.45) is 0 Å². The molecule has 76 valence electrons. The molecular formula is C13H12BrN. The van der Waals surface area contributed by atoms with Crippen LogP contribution in [-0.4, -0.2) is 10.3 Å². The van der Waals surface area contributed by atoms with Crippen LogP contribution in [0.4, 0.5) is 0 Å². The van der Waals surface area contributed by atoms with Gasteiger partial charge in [0.1, 0.15) is 0 Å². The van der Waals surface area contributed by atoms with Gasteiger partial charge in [-0.1, -0.05) is 40.7 Å². The van der Waals surface area contributed by atoms with E-state index in [9.17, 15) is 0 Å². The number of nitrogens with zero attached hydrogens (tertiary/aromatic N) is 1. The standard InChI is InChI=1S/C13H12BrN/c1-9(8-14)12-7-10(2)15-13-6-4-3-5-11(12)13/h3-7H,1,8H2,2H3. The van der Waals surface area contributed by atoms with Gasteiger partial charge in [0.05, 0.1) is 5.52 Å². The van der Waals surface area contributed by atoms with Crippen LogP contribution >= 0.6 is 15.9 Å². The van der Waals surface area contributed by atoms with Crippen LogP contribution in [0.15, 0.2) is 36.9 Å². The molecule has 0 amide bonds. The van der Waals surface area contributed by atoms with Crippen molar-refractivity contribution in [2.45, 2.75) is 6.92 Å². The van der Waals surface area contributed by atoms with Gasteiger partial charge in [-0.3, -0.25) is 4.98 Å². The fourth-order valence-electron chi connectivity index (χ4n) is 1.67. The van der Waals surface area contributed by atoms with Crippen LogP contribution in [0.3, 0.4) is 0 Å². The Balaban J connectivity index is 2.76. The average molecular weight is 262 g/mol. The van der Waals surface area contributed by atoms with Crippen molar-refractivity contribution in [3.05, 3.63) is 48.2 Å². The van der Waals surface area contributed by atoms with Gasteiger partial charge < -0.3 is 0 Å². The van der Waals surface area contributed by atoms with Crippen LogP contribution in [0.2, 0.25) is 0 Å². The Morgan fingerprint density at radius 1 is 1.40 bits per heavy atom. The molecule has 1 nitrogen and oxygen atoms in total. The number of pyridine rings is 1. The lowest BCUT2D eigenvalue weighted by Gasteiger charge is -2.08. The maximum atomic E-state index is 4.50. The van der Waals surface area contributed by atoms with Gasteiger partial charge in [-0.2, -0.15) is 0 Å². The number of allylic oxidation sites excluding steroid dienone is 1. The largest absolute Gasteiger partial charge is 0.253 e. The number of benzene rings is 1. The predicted molar refractivity (Wildman–Crippen MR) is 69.3 cm³/mol. The summed E-state index contributed by atoms with van der Waals surface area (Å²) in [6, 6.07) is 10.3. The Kier molecular flexibility index (Phi) is 2.87. The van der Waals surface area contributed by atoms with E-state index in [4.69, 9.17) is 0 Å². The van der Waals surface area contributed by atoms with E-state index in [0.29, 0.717) is 0 Å². The lowest BCUT2D eigenvalue weighted by Crippen LogP contribution is -1.91. The van der Waals surface area contributed by atoms with Crippen molar-refractivity contribution < 1.29 is 0 Å². The molecule has 0 aliphatic carbocycles. The van der Waals surface area contributed by atoms with Gasteiger partial charge in [-0.05, 0) is 30.2 Å². The molecule has 0 aliphatic heterocycles. The molecule has 0 aliphatic rings. The minimum atomic E-state index is 0.792. The summed E-state index contributed by atoms with van der Waals surface area (Å²) in [7, 11) is 0. The first kappa shape index (κ1) is 10.4. The van der Waals surface area contributed by atoms with Gasteiger partial charge in [-0.25, -0.2) is 0 Å². The van der Waals surface area contributed by atoms with E-state index in [2.05, 4.69) is 39.6 Å². The van der Waals surface area contributed by atoms with E-state index in [1.54, 1.807) is 0 Å². The minimum absolute atomic E-state index is 0.792. The van der Waals surface area contributed by atoms with Gasteiger partial charge in [0.25, 0.3) is 0 Å². The van der Waals surface area contributed by atoms with Crippen LogP contribution in [0.5, 0.6) is 0 Å². The highest BCUT2D eigenvalue weighted by molar-refractivity contribution is 9.09. The first-order valence-electron chi connectivity index (χ1n) is 4.83. The Morgan fingerprint density at radius 2 is 2.13 bits per heavy atom. The number of halogens is 1. The second-order valence-electron chi connectivity index (χ2n) is 3.57. The summed E-state index contributed by atoms with van der Waals surface area (Å²) in [6.07, 6.45) is 0. The third-order valence-corrected chi connectivity index (χ3v) is 3.06. The zero-order valence-electron chi connectivity index (χ0n) is 8.63. The van der Waals surface area contributed by atoms with Crippen LogP contribution in [0, 0.1) is 6.92 Å². The summed E-state index contributed by atoms with van der Waals surface area (Å²) in [5.74, 6) is 0. The molecule has 0 unspecified atom stereocenters. The molecule has 0 spiro atoms. The number of hydrogen-bond acceptors (Lipinski definition) is 1. The molecule has 0 saturated heterocycles. The van der Waals surface area contributed by atoms with E-state index in [1.165, 1.54) is 10.9 Å². The Labute approximate surface area is 98.0 Å². The number of fused-ring (bicyclic) bond motifs is 1. The van der Waals surface area contributed by atoms with Gasteiger partial charge in [-0.15, -0.1) is 0 Å². The fourth-order valence-corrected chi connectivity index (χ4v) is 1.97. The van der Waals surface area contributed by atoms with Gasteiger partial charge in [0.2, 0.25) is 0 Å². The van der Waals surface area contributed by atoms with E-state index in [-0.39, 0.29) is 0 Å². The second-order valence-corrected chi connectivity index (χ2v) is 4.13. The molecule has 15 heavy (non-hydrogen) atoms. The van der Waals surface area contributed by atoms with Crippen molar-refractivity contribution in [3.8, 4) is 0 Å². The molecule has 0 atom stereocenters. The van der Waals surface area contributed by atoms with Crippen molar-refractivity contribution in [2.75, 3.05) is 5.33 Å². The van der Waals surface area contributed by atoms with E-state index < -0.39 is 0 Å². The van der Waals surface area contributed by atoms with Gasteiger partial charge >= 0.3 is 0 Å². The highest BCUT2D eigenvalue weighted by Gasteiger charge is 2.05. The first-order valence-corrected chi connectivity index (χ1v) is 5.95. The second kappa shape index (κ2) is 4.15. The van der Waals surface area contributed by atoms with Crippen molar-refractivity contribution in [3.63, 3.8) is 0 Å². The van der Waals surface area contributed by atoms with Crippen molar-refractivity contribution >= 4 is 32.4 Å². The van der Waals surface area contributed by atoms with Crippen molar-refractivity contribution in [1.29, 1.82) is 0 Å². The molecular weight excluding hydrogens is 250 g/mol. The van der Waals surface area contributed by atoms with Crippen LogP contribution in [0.1, 0.15) is 11.3 Å². The SMILES string of the molecule is C=C(CBr)c1cc(C)nc2ccccc12. The number of aryl methyl sites for hydroxylation is 1. The zero-order chi connectivity index (χ0) is 10.8. The van der Waals surface area contributed by atoms with Gasteiger partial charge in [0, 0.05) is 16.4 Å². The minimum Gasteiger partial charge on any atom is -0.253 e. The first-order chi connectivity index (χ1) is 7.22. The number of alkyl halides is 1. The Bertz CT molecular complexity index is 517. The fraction of sp³-hybridized carbons (Fsp3) is 0.154. The predicted octanol–water partition coefficient (Wildman–Crippen LogP) is 3.95. The maximum Gasteiger partial charge on any atom is 0.0711 e. The summed E-state index contributed by atoms with van der Waals surface area (Å²) in [6.45, 7) is 6.07. The molecule has 0 N–H and O–H groups in total. The molecule has 0 fully saturated rings. The van der Waals surface area contributed by atoms with Crippen LogP contribution in [-0.2, 0) is 0 Å². The molecule has 2 heteroatoms. The lowest BCUT2D eigenvalue weighted by atomic mass is 10.0. The van der Waals surface area contributed by atoms with Crippen LogP contribution < -0.4 is 0 Å². The zero-order valence-corrected chi connectivity index (χ0v) is 10.2. The molecule has 0 saturated carbocycles. The van der Waals surface area contributed by atoms with Crippen molar-refractivity contribution in [1.82, 2.24) is 4.98 Å².